The van der Waals surface area contributed by atoms with E-state index >= 15 is 0 Å². The van der Waals surface area contributed by atoms with E-state index in [1.165, 1.54) is 6.33 Å². The van der Waals surface area contributed by atoms with E-state index in [0.29, 0.717) is 18.5 Å². The highest BCUT2D eigenvalue weighted by molar-refractivity contribution is 9.10. The van der Waals surface area contributed by atoms with Crippen molar-refractivity contribution in [2.75, 3.05) is 6.54 Å². The summed E-state index contributed by atoms with van der Waals surface area (Å²) in [6.45, 7) is 2.48. The minimum Gasteiger partial charge on any atom is -0.352 e. The number of aromatic nitrogens is 3. The summed E-state index contributed by atoms with van der Waals surface area (Å²) in [7, 11) is 0. The molecule has 18 heavy (non-hydrogen) atoms. The Balaban J connectivity index is 1.93. The van der Waals surface area contributed by atoms with Crippen molar-refractivity contribution in [3.8, 4) is 0 Å². The van der Waals surface area contributed by atoms with E-state index in [-0.39, 0.29) is 5.91 Å². The molecule has 94 valence electrons. The minimum absolute atomic E-state index is 0.0925. The lowest BCUT2D eigenvalue weighted by Crippen LogP contribution is -2.26. The first-order valence-electron chi connectivity index (χ1n) is 5.56. The van der Waals surface area contributed by atoms with Crippen molar-refractivity contribution < 1.29 is 4.79 Å². The molecule has 0 aliphatic rings. The molecule has 0 spiro atoms. The maximum atomic E-state index is 12.0. The summed E-state index contributed by atoms with van der Waals surface area (Å²) in [5.74, 6) is 0.670. The van der Waals surface area contributed by atoms with Crippen LogP contribution in [0, 0.1) is 6.92 Å². The first-order chi connectivity index (χ1) is 8.68. The number of H-pyrrole nitrogens is 1. The van der Waals surface area contributed by atoms with Gasteiger partial charge in [0.25, 0.3) is 5.91 Å². The van der Waals surface area contributed by atoms with Gasteiger partial charge in [0.2, 0.25) is 0 Å². The molecule has 5 nitrogen and oxygen atoms in total. The molecule has 0 atom stereocenters. The molecule has 1 aromatic heterocycles. The van der Waals surface area contributed by atoms with Crippen LogP contribution >= 0.6 is 15.9 Å². The predicted molar refractivity (Wildman–Crippen MR) is 71.3 cm³/mol. The first kappa shape index (κ1) is 12.8. The molecule has 0 saturated carbocycles. The van der Waals surface area contributed by atoms with Crippen LogP contribution in [0.25, 0.3) is 0 Å². The molecule has 0 saturated heterocycles. The molecule has 1 amide bonds. The number of hydrogen-bond donors (Lipinski definition) is 2. The molecule has 1 heterocycles. The number of hydrogen-bond acceptors (Lipinski definition) is 3. The van der Waals surface area contributed by atoms with E-state index in [2.05, 4.69) is 36.4 Å². The second-order valence-corrected chi connectivity index (χ2v) is 4.67. The van der Waals surface area contributed by atoms with E-state index in [4.69, 9.17) is 0 Å². The highest BCUT2D eigenvalue weighted by Crippen LogP contribution is 2.20. The van der Waals surface area contributed by atoms with Crippen LogP contribution in [0.1, 0.15) is 21.7 Å². The maximum Gasteiger partial charge on any atom is 0.252 e. The lowest BCUT2D eigenvalue weighted by atomic mass is 10.1. The van der Waals surface area contributed by atoms with Crippen molar-refractivity contribution >= 4 is 21.8 Å². The van der Waals surface area contributed by atoms with Crippen molar-refractivity contribution in [1.29, 1.82) is 0 Å². The standard InChI is InChI=1S/C12H13BrN4O/c1-8-3-2-4-9(11(8)13)12(18)14-6-5-10-15-7-16-17-10/h2-4,7H,5-6H2,1H3,(H,14,18)(H,15,16,17). The number of aromatic amines is 1. The number of carbonyl (C=O) groups is 1. The summed E-state index contributed by atoms with van der Waals surface area (Å²) in [6, 6.07) is 5.61. The summed E-state index contributed by atoms with van der Waals surface area (Å²) in [5.41, 5.74) is 1.69. The van der Waals surface area contributed by atoms with E-state index in [0.717, 1.165) is 15.9 Å². The average molecular weight is 309 g/mol. The number of amides is 1. The van der Waals surface area contributed by atoms with E-state index in [9.17, 15) is 4.79 Å². The molecule has 0 fully saturated rings. The topological polar surface area (TPSA) is 70.7 Å². The van der Waals surface area contributed by atoms with E-state index in [1.54, 1.807) is 6.07 Å². The van der Waals surface area contributed by atoms with Gasteiger partial charge in [0.1, 0.15) is 12.2 Å². The maximum absolute atomic E-state index is 12.0. The second-order valence-electron chi connectivity index (χ2n) is 3.87. The summed E-state index contributed by atoms with van der Waals surface area (Å²) in [5, 5.41) is 9.35. The quantitative estimate of drug-likeness (QED) is 0.905. The molecule has 0 aliphatic heterocycles. The van der Waals surface area contributed by atoms with E-state index < -0.39 is 0 Å². The zero-order valence-corrected chi connectivity index (χ0v) is 11.5. The summed E-state index contributed by atoms with van der Waals surface area (Å²) in [6.07, 6.45) is 2.09. The zero-order chi connectivity index (χ0) is 13.0. The van der Waals surface area contributed by atoms with Crippen LogP contribution in [-0.4, -0.2) is 27.6 Å². The fraction of sp³-hybridized carbons (Fsp3) is 0.250. The smallest absolute Gasteiger partial charge is 0.252 e. The molecule has 2 N–H and O–H groups in total. The van der Waals surface area contributed by atoms with Crippen molar-refractivity contribution in [1.82, 2.24) is 20.5 Å². The fourth-order valence-electron chi connectivity index (χ4n) is 1.56. The Morgan fingerprint density at radius 1 is 1.50 bits per heavy atom. The molecule has 1 aromatic carbocycles. The zero-order valence-electron chi connectivity index (χ0n) is 9.90. The van der Waals surface area contributed by atoms with Gasteiger partial charge in [-0.25, -0.2) is 4.98 Å². The Morgan fingerprint density at radius 3 is 3.06 bits per heavy atom. The number of carbonyl (C=O) groups excluding carboxylic acids is 1. The molecule has 0 aliphatic carbocycles. The van der Waals surface area contributed by atoms with Gasteiger partial charge >= 0.3 is 0 Å². The van der Waals surface area contributed by atoms with Gasteiger partial charge in [-0.15, -0.1) is 0 Å². The minimum atomic E-state index is -0.0925. The third-order valence-corrected chi connectivity index (χ3v) is 3.60. The van der Waals surface area contributed by atoms with Crippen LogP contribution in [-0.2, 0) is 6.42 Å². The van der Waals surface area contributed by atoms with Gasteiger partial charge in [-0.3, -0.25) is 9.89 Å². The van der Waals surface area contributed by atoms with Gasteiger partial charge in [0, 0.05) is 17.4 Å². The molecule has 0 unspecified atom stereocenters. The van der Waals surface area contributed by atoms with Gasteiger partial charge < -0.3 is 5.32 Å². The van der Waals surface area contributed by atoms with Gasteiger partial charge in [-0.1, -0.05) is 12.1 Å². The number of nitrogens with zero attached hydrogens (tertiary/aromatic N) is 2. The Labute approximate surface area is 113 Å². The predicted octanol–water partition coefficient (Wildman–Crippen LogP) is 1.85. The summed E-state index contributed by atoms with van der Waals surface area (Å²) < 4.78 is 0.835. The van der Waals surface area contributed by atoms with Crippen molar-refractivity contribution in [3.63, 3.8) is 0 Å². The van der Waals surface area contributed by atoms with Crippen molar-refractivity contribution in [3.05, 3.63) is 46.0 Å². The summed E-state index contributed by atoms with van der Waals surface area (Å²) >= 11 is 3.42. The molecular weight excluding hydrogens is 296 g/mol. The molecule has 0 bridgehead atoms. The largest absolute Gasteiger partial charge is 0.352 e. The molecular formula is C12H13BrN4O. The van der Waals surface area contributed by atoms with Crippen molar-refractivity contribution in [2.24, 2.45) is 0 Å². The Bertz CT molecular complexity index is 539. The molecule has 2 rings (SSSR count). The van der Waals surface area contributed by atoms with Crippen LogP contribution < -0.4 is 5.32 Å². The van der Waals surface area contributed by atoms with E-state index in [1.807, 2.05) is 19.1 Å². The lowest BCUT2D eigenvalue weighted by Gasteiger charge is -2.07. The third-order valence-electron chi connectivity index (χ3n) is 2.55. The number of aryl methyl sites for hydroxylation is 1. The Hall–Kier alpha value is -1.69. The van der Waals surface area contributed by atoms with Crippen LogP contribution in [0.3, 0.4) is 0 Å². The number of halogens is 1. The van der Waals surface area contributed by atoms with Gasteiger partial charge in [-0.2, -0.15) is 5.10 Å². The van der Waals surface area contributed by atoms with Gasteiger partial charge in [-0.05, 0) is 34.5 Å². The van der Waals surface area contributed by atoms with Gasteiger partial charge in [0.15, 0.2) is 0 Å². The van der Waals surface area contributed by atoms with Crippen molar-refractivity contribution in [2.45, 2.75) is 13.3 Å². The normalized spacial score (nSPS) is 10.3. The lowest BCUT2D eigenvalue weighted by molar-refractivity contribution is 0.0953. The monoisotopic (exact) mass is 308 g/mol. The molecule has 6 heteroatoms. The molecule has 2 aromatic rings. The number of nitrogens with one attached hydrogen (secondary N) is 2. The number of rotatable bonds is 4. The van der Waals surface area contributed by atoms with Gasteiger partial charge in [0.05, 0.1) is 5.56 Å². The van der Waals surface area contributed by atoms with Crippen LogP contribution in [0.5, 0.6) is 0 Å². The number of benzene rings is 1. The highest BCUT2D eigenvalue weighted by atomic mass is 79.9. The SMILES string of the molecule is Cc1cccc(C(=O)NCCc2ncn[nH]2)c1Br. The van der Waals surface area contributed by atoms with Crippen LogP contribution in [0.15, 0.2) is 29.0 Å². The first-order valence-corrected chi connectivity index (χ1v) is 6.35. The highest BCUT2D eigenvalue weighted by Gasteiger charge is 2.10. The molecule has 0 radical (unpaired) electrons. The Morgan fingerprint density at radius 2 is 2.33 bits per heavy atom. The fourth-order valence-corrected chi connectivity index (χ4v) is 2.01. The third kappa shape index (κ3) is 2.95. The van der Waals surface area contributed by atoms with Crippen LogP contribution in [0.4, 0.5) is 0 Å². The summed E-state index contributed by atoms with van der Waals surface area (Å²) in [4.78, 5) is 15.9. The van der Waals surface area contributed by atoms with Crippen LogP contribution in [0.2, 0.25) is 0 Å². The second kappa shape index (κ2) is 5.77. The Kier molecular flexibility index (Phi) is 4.09. The average Bonchev–Trinajstić information content (AvgIpc) is 2.85.